The third-order valence-corrected chi connectivity index (χ3v) is 7.03. The van der Waals surface area contributed by atoms with E-state index in [-0.39, 0.29) is 6.42 Å². The van der Waals surface area contributed by atoms with Crippen molar-refractivity contribution in [2.75, 3.05) is 11.4 Å². The Bertz CT molecular complexity index is 1140. The predicted octanol–water partition coefficient (Wildman–Crippen LogP) is 6.99. The Balaban J connectivity index is 1.68. The maximum Gasteiger partial charge on any atom is 0.303 e. The fourth-order valence-electron chi connectivity index (χ4n) is 4.94. The number of rotatable bonds is 10. The van der Waals surface area contributed by atoms with Gasteiger partial charge in [0.15, 0.2) is 5.82 Å². The van der Waals surface area contributed by atoms with Crippen LogP contribution < -0.4 is 4.90 Å². The monoisotopic (exact) mass is 471 g/mol. The number of unbranched alkanes of at least 4 members (excludes halogenated alkanes) is 3. The number of nitrogens with zero attached hydrogens (tertiary/aromatic N) is 3. The molecule has 2 heterocycles. The summed E-state index contributed by atoms with van der Waals surface area (Å²) in [6.45, 7) is 7.40. The number of anilines is 1. The Hall–Kier alpha value is -3.21. The van der Waals surface area contributed by atoms with E-state index in [1.165, 1.54) is 11.1 Å². The zero-order valence-electron chi connectivity index (χ0n) is 21.3. The van der Waals surface area contributed by atoms with Gasteiger partial charge in [-0.1, -0.05) is 79.4 Å². The Labute approximate surface area is 209 Å². The van der Waals surface area contributed by atoms with E-state index in [1.54, 1.807) is 0 Å². The maximum absolute atomic E-state index is 10.8. The van der Waals surface area contributed by atoms with Crippen LogP contribution in [0.4, 0.5) is 5.82 Å². The number of benzene rings is 2. The highest BCUT2D eigenvalue weighted by Crippen LogP contribution is 2.37. The van der Waals surface area contributed by atoms with E-state index >= 15 is 0 Å². The van der Waals surface area contributed by atoms with E-state index in [9.17, 15) is 4.79 Å². The lowest BCUT2D eigenvalue weighted by Crippen LogP contribution is -2.41. The highest BCUT2D eigenvalue weighted by molar-refractivity contribution is 5.80. The van der Waals surface area contributed by atoms with Crippen LogP contribution in [-0.4, -0.2) is 33.6 Å². The van der Waals surface area contributed by atoms with E-state index in [0.29, 0.717) is 6.04 Å². The first-order chi connectivity index (χ1) is 17.0. The average Bonchev–Trinajstić information content (AvgIpc) is 2.86. The number of aliphatic carboxylic acids is 1. The lowest BCUT2D eigenvalue weighted by atomic mass is 9.97. The first kappa shape index (κ1) is 24.9. The molecule has 0 saturated heterocycles. The van der Waals surface area contributed by atoms with Crippen LogP contribution in [0.1, 0.15) is 68.7 Å². The number of carboxylic acid groups (broad SMARTS) is 1. The van der Waals surface area contributed by atoms with Gasteiger partial charge in [0.05, 0.1) is 17.1 Å². The molecule has 184 valence electrons. The molecule has 0 aliphatic carbocycles. The number of hydrogen-bond acceptors (Lipinski definition) is 4. The molecule has 1 atom stereocenters. The van der Waals surface area contributed by atoms with Gasteiger partial charge in [0.25, 0.3) is 0 Å². The molecule has 35 heavy (non-hydrogen) atoms. The molecule has 0 amide bonds. The van der Waals surface area contributed by atoms with Crippen molar-refractivity contribution in [1.29, 1.82) is 0 Å². The molecule has 2 aromatic carbocycles. The Kier molecular flexibility index (Phi) is 8.17. The third-order valence-electron chi connectivity index (χ3n) is 7.03. The molecular formula is C30H37N3O2. The van der Waals surface area contributed by atoms with Gasteiger partial charge in [-0.15, -0.1) is 0 Å². The average molecular weight is 472 g/mol. The Morgan fingerprint density at radius 2 is 1.46 bits per heavy atom. The summed E-state index contributed by atoms with van der Waals surface area (Å²) in [6.07, 6.45) is 7.16. The minimum Gasteiger partial charge on any atom is -0.481 e. The molecule has 5 nitrogen and oxygen atoms in total. The summed E-state index contributed by atoms with van der Waals surface area (Å²) in [5.41, 5.74) is 7.64. The quantitative estimate of drug-likeness (QED) is 0.323. The Morgan fingerprint density at radius 1 is 0.886 bits per heavy atom. The van der Waals surface area contributed by atoms with Gasteiger partial charge in [0.2, 0.25) is 0 Å². The van der Waals surface area contributed by atoms with Crippen molar-refractivity contribution < 1.29 is 9.90 Å². The van der Waals surface area contributed by atoms with Gasteiger partial charge in [-0.3, -0.25) is 4.79 Å². The van der Waals surface area contributed by atoms with Gasteiger partial charge in [0.1, 0.15) is 0 Å². The fraction of sp³-hybridized carbons (Fsp3) is 0.433. The molecule has 1 aliphatic heterocycles. The summed E-state index contributed by atoms with van der Waals surface area (Å²) in [5, 5.41) is 8.88. The van der Waals surface area contributed by atoms with Crippen molar-refractivity contribution in [3.05, 3.63) is 65.4 Å². The van der Waals surface area contributed by atoms with E-state index in [0.717, 1.165) is 85.5 Å². The van der Waals surface area contributed by atoms with Crippen LogP contribution in [0.3, 0.4) is 0 Å². The second-order valence-electron chi connectivity index (χ2n) is 9.78. The molecule has 5 heteroatoms. The topological polar surface area (TPSA) is 66.3 Å². The van der Waals surface area contributed by atoms with Crippen LogP contribution in [0.15, 0.2) is 48.5 Å². The number of carboxylic acids is 1. The Morgan fingerprint density at radius 3 is 2.03 bits per heavy atom. The normalized spacial score (nSPS) is 15.2. The van der Waals surface area contributed by atoms with Crippen LogP contribution in [0.5, 0.6) is 0 Å². The number of aryl methyl sites for hydroxylation is 3. The molecule has 3 aromatic rings. The molecule has 0 radical (unpaired) electrons. The van der Waals surface area contributed by atoms with Gasteiger partial charge in [-0.05, 0) is 46.0 Å². The lowest BCUT2D eigenvalue weighted by molar-refractivity contribution is -0.137. The smallest absolute Gasteiger partial charge is 0.303 e. The molecule has 1 N–H and O–H groups in total. The number of fused-ring (bicyclic) bond motifs is 1. The first-order valence-corrected chi connectivity index (χ1v) is 13.0. The molecule has 1 aromatic heterocycles. The molecule has 0 fully saturated rings. The zero-order valence-corrected chi connectivity index (χ0v) is 21.3. The van der Waals surface area contributed by atoms with Crippen molar-refractivity contribution in [1.82, 2.24) is 9.97 Å². The van der Waals surface area contributed by atoms with Gasteiger partial charge >= 0.3 is 5.97 Å². The zero-order chi connectivity index (χ0) is 24.8. The lowest BCUT2D eigenvalue weighted by Gasteiger charge is -2.37. The third kappa shape index (κ3) is 6.08. The number of carbonyl (C=O) groups is 1. The summed E-state index contributed by atoms with van der Waals surface area (Å²) in [4.78, 5) is 23.8. The maximum atomic E-state index is 10.8. The molecule has 4 rings (SSSR count). The van der Waals surface area contributed by atoms with Crippen LogP contribution in [0.25, 0.3) is 22.5 Å². The van der Waals surface area contributed by atoms with Crippen molar-refractivity contribution in [3.63, 3.8) is 0 Å². The van der Waals surface area contributed by atoms with Crippen molar-refractivity contribution in [2.45, 2.75) is 78.2 Å². The SMILES string of the molecule is CC[C@H]1CCc2nc(-c3ccc(C)cc3)c(-c3ccc(C)cc3)nc2N1CCCCCCC(=O)O. The second-order valence-corrected chi connectivity index (χ2v) is 9.78. The van der Waals surface area contributed by atoms with E-state index in [2.05, 4.69) is 74.2 Å². The molecule has 0 spiro atoms. The van der Waals surface area contributed by atoms with Gasteiger partial charge in [-0.25, -0.2) is 9.97 Å². The summed E-state index contributed by atoms with van der Waals surface area (Å²) >= 11 is 0. The summed E-state index contributed by atoms with van der Waals surface area (Å²) in [7, 11) is 0. The van der Waals surface area contributed by atoms with Crippen LogP contribution >= 0.6 is 0 Å². The summed E-state index contributed by atoms with van der Waals surface area (Å²) in [5.74, 6) is 0.323. The van der Waals surface area contributed by atoms with Crippen molar-refractivity contribution in [3.8, 4) is 22.5 Å². The largest absolute Gasteiger partial charge is 0.481 e. The van der Waals surface area contributed by atoms with Crippen LogP contribution in [0, 0.1) is 13.8 Å². The van der Waals surface area contributed by atoms with Crippen LogP contribution in [-0.2, 0) is 11.2 Å². The molecule has 0 saturated carbocycles. The van der Waals surface area contributed by atoms with Crippen molar-refractivity contribution in [2.24, 2.45) is 0 Å². The van der Waals surface area contributed by atoms with Gasteiger partial charge in [-0.2, -0.15) is 0 Å². The molecule has 1 aliphatic rings. The molecule has 0 unspecified atom stereocenters. The minimum atomic E-state index is -0.704. The highest BCUT2D eigenvalue weighted by atomic mass is 16.4. The van der Waals surface area contributed by atoms with E-state index in [1.807, 2.05) is 0 Å². The summed E-state index contributed by atoms with van der Waals surface area (Å²) < 4.78 is 0. The number of aromatic nitrogens is 2. The van der Waals surface area contributed by atoms with Gasteiger partial charge < -0.3 is 10.0 Å². The standard InChI is InChI=1S/C30H37N3O2/c1-4-25-18-19-26-30(33(25)20-8-6-5-7-9-27(34)35)32-29(24-16-12-22(3)13-17-24)28(31-26)23-14-10-21(2)11-15-23/h10-17,25H,4-9,18-20H2,1-3H3,(H,34,35)/t25-/m0/s1. The second kappa shape index (κ2) is 11.5. The highest BCUT2D eigenvalue weighted by Gasteiger charge is 2.29. The fourth-order valence-corrected chi connectivity index (χ4v) is 4.94. The minimum absolute atomic E-state index is 0.261. The first-order valence-electron chi connectivity index (χ1n) is 13.0. The molecular weight excluding hydrogens is 434 g/mol. The summed E-state index contributed by atoms with van der Waals surface area (Å²) in [6, 6.07) is 17.6. The van der Waals surface area contributed by atoms with E-state index < -0.39 is 5.97 Å². The van der Waals surface area contributed by atoms with E-state index in [4.69, 9.17) is 15.1 Å². The van der Waals surface area contributed by atoms with Crippen LogP contribution in [0.2, 0.25) is 0 Å². The van der Waals surface area contributed by atoms with Crippen molar-refractivity contribution >= 4 is 11.8 Å². The number of hydrogen-bond donors (Lipinski definition) is 1. The molecule has 0 bridgehead atoms. The van der Waals surface area contributed by atoms with Gasteiger partial charge in [0, 0.05) is 30.1 Å². The predicted molar refractivity (Wildman–Crippen MR) is 143 cm³/mol.